The zero-order valence-electron chi connectivity index (χ0n) is 14.5. The highest BCUT2D eigenvalue weighted by molar-refractivity contribution is 8.13. The third-order valence-corrected chi connectivity index (χ3v) is 3.66. The molecule has 1 atom stereocenters. The summed E-state index contributed by atoms with van der Waals surface area (Å²) in [5, 5.41) is -0.708. The molecule has 0 saturated heterocycles. The molecular formula is C17H22O6S. The predicted molar refractivity (Wildman–Crippen MR) is 91.1 cm³/mol. The minimum Gasteiger partial charge on any atom is -0.460 e. The summed E-state index contributed by atoms with van der Waals surface area (Å²) in [7, 11) is 0. The lowest BCUT2D eigenvalue weighted by molar-refractivity contribution is -0.172. The molecule has 0 heterocycles. The number of carbonyl (C=O) groups is 3. The van der Waals surface area contributed by atoms with Crippen LogP contribution < -0.4 is 0 Å². The first-order valence-electron chi connectivity index (χ1n) is 7.59. The number of hydrogen-bond donors (Lipinski definition) is 0. The van der Waals surface area contributed by atoms with Crippen molar-refractivity contribution in [3.8, 4) is 0 Å². The molecule has 0 radical (unpaired) electrons. The van der Waals surface area contributed by atoms with E-state index in [1.165, 1.54) is 0 Å². The normalized spacial score (nSPS) is 11.5. The van der Waals surface area contributed by atoms with E-state index in [4.69, 9.17) is 14.2 Å². The van der Waals surface area contributed by atoms with Gasteiger partial charge in [0.05, 0.1) is 12.2 Å². The molecule has 1 aromatic rings. The second-order valence-electron chi connectivity index (χ2n) is 5.06. The van der Waals surface area contributed by atoms with Gasteiger partial charge in [-0.1, -0.05) is 24.6 Å². The van der Waals surface area contributed by atoms with Crippen LogP contribution in [0.15, 0.2) is 12.1 Å². The highest BCUT2D eigenvalue weighted by atomic mass is 32.2. The fourth-order valence-electron chi connectivity index (χ4n) is 2.23. The van der Waals surface area contributed by atoms with Gasteiger partial charge in [-0.3, -0.25) is 0 Å². The molecule has 132 valence electrons. The van der Waals surface area contributed by atoms with Crippen molar-refractivity contribution in [2.75, 3.05) is 12.4 Å². The lowest BCUT2D eigenvalue weighted by atomic mass is 10.00. The number of ether oxygens (including phenoxy) is 3. The van der Waals surface area contributed by atoms with E-state index < -0.39 is 23.5 Å². The van der Waals surface area contributed by atoms with Crippen molar-refractivity contribution in [2.45, 2.75) is 40.9 Å². The maximum absolute atomic E-state index is 12.4. The van der Waals surface area contributed by atoms with Gasteiger partial charge in [0.25, 0.3) is 0 Å². The zero-order valence-corrected chi connectivity index (χ0v) is 15.3. The van der Waals surface area contributed by atoms with Crippen molar-refractivity contribution < 1.29 is 28.6 Å². The average molecular weight is 354 g/mol. The summed E-state index contributed by atoms with van der Waals surface area (Å²) in [5.41, 5.74) is 2.78. The molecule has 24 heavy (non-hydrogen) atoms. The fourth-order valence-corrected chi connectivity index (χ4v) is 2.62. The van der Waals surface area contributed by atoms with Crippen LogP contribution in [0.4, 0.5) is 4.79 Å². The van der Waals surface area contributed by atoms with E-state index in [2.05, 4.69) is 0 Å². The van der Waals surface area contributed by atoms with Crippen LogP contribution in [-0.2, 0) is 19.0 Å². The van der Waals surface area contributed by atoms with Gasteiger partial charge in [-0.2, -0.15) is 0 Å². The van der Waals surface area contributed by atoms with Gasteiger partial charge in [0.2, 0.25) is 0 Å². The number of benzene rings is 1. The van der Waals surface area contributed by atoms with Crippen LogP contribution in [0.2, 0.25) is 0 Å². The summed E-state index contributed by atoms with van der Waals surface area (Å²) in [6, 6.07) is 3.67. The van der Waals surface area contributed by atoms with Crippen molar-refractivity contribution in [1.29, 1.82) is 0 Å². The summed E-state index contributed by atoms with van der Waals surface area (Å²) >= 11 is 0.866. The zero-order chi connectivity index (χ0) is 18.3. The van der Waals surface area contributed by atoms with Crippen LogP contribution in [0.5, 0.6) is 0 Å². The topological polar surface area (TPSA) is 78.9 Å². The molecule has 6 nitrogen and oxygen atoms in total. The molecule has 0 spiro atoms. The Bertz CT molecular complexity index is 603. The van der Waals surface area contributed by atoms with Crippen molar-refractivity contribution in [2.24, 2.45) is 0 Å². The molecule has 7 heteroatoms. The quantitative estimate of drug-likeness (QED) is 0.571. The Morgan fingerprint density at radius 1 is 1.04 bits per heavy atom. The first-order valence-corrected chi connectivity index (χ1v) is 8.57. The van der Waals surface area contributed by atoms with Crippen molar-refractivity contribution in [1.82, 2.24) is 0 Å². The maximum Gasteiger partial charge on any atom is 0.389 e. The smallest absolute Gasteiger partial charge is 0.389 e. The van der Waals surface area contributed by atoms with Gasteiger partial charge < -0.3 is 14.2 Å². The highest BCUT2D eigenvalue weighted by Crippen LogP contribution is 2.19. The monoisotopic (exact) mass is 354 g/mol. The maximum atomic E-state index is 12.4. The first kappa shape index (κ1) is 20.0. The molecule has 1 aromatic carbocycles. The standard InChI is InChI=1S/C17H22O6S/c1-6-21-15(19)16(23-17(20)24-7-2)22-14(18)13-11(4)8-10(3)9-12(13)5/h8-9,16H,6-7H2,1-5H3. The van der Waals surface area contributed by atoms with Gasteiger partial charge in [0.1, 0.15) is 0 Å². The Labute approximate surface area is 145 Å². The largest absolute Gasteiger partial charge is 0.460 e. The molecule has 0 bridgehead atoms. The summed E-state index contributed by atoms with van der Waals surface area (Å²) < 4.78 is 14.8. The summed E-state index contributed by atoms with van der Waals surface area (Å²) in [6.07, 6.45) is -1.72. The SMILES string of the molecule is CCOC(=O)C(OC(=O)SCC)OC(=O)c1c(C)cc(C)cc1C. The van der Waals surface area contributed by atoms with E-state index in [0.29, 0.717) is 11.3 Å². The molecule has 1 unspecified atom stereocenters. The van der Waals surface area contributed by atoms with Crippen LogP contribution in [0.1, 0.15) is 40.9 Å². The minimum absolute atomic E-state index is 0.0773. The molecule has 0 aliphatic rings. The van der Waals surface area contributed by atoms with Gasteiger partial charge in [-0.25, -0.2) is 14.4 Å². The Morgan fingerprint density at radius 3 is 2.12 bits per heavy atom. The third kappa shape index (κ3) is 5.56. The lowest BCUT2D eigenvalue weighted by Gasteiger charge is -2.18. The van der Waals surface area contributed by atoms with Crippen molar-refractivity contribution in [3.05, 3.63) is 34.4 Å². The molecule has 0 aliphatic heterocycles. The van der Waals surface area contributed by atoms with Gasteiger partial charge in [0, 0.05) is 5.75 Å². The van der Waals surface area contributed by atoms with E-state index in [1.807, 2.05) is 19.1 Å². The molecule has 0 aromatic heterocycles. The van der Waals surface area contributed by atoms with Crippen molar-refractivity contribution in [3.63, 3.8) is 0 Å². The molecule has 0 saturated carbocycles. The fraction of sp³-hybridized carbons (Fsp3) is 0.471. The van der Waals surface area contributed by atoms with Gasteiger partial charge in [-0.15, -0.1) is 0 Å². The predicted octanol–water partition coefficient (Wildman–Crippen LogP) is 3.55. The van der Waals surface area contributed by atoms with E-state index in [9.17, 15) is 14.4 Å². The Balaban J connectivity index is 2.98. The minimum atomic E-state index is -1.72. The van der Waals surface area contributed by atoms with Crippen LogP contribution in [0.3, 0.4) is 0 Å². The number of aryl methyl sites for hydroxylation is 3. The number of carbonyl (C=O) groups excluding carboxylic acids is 3. The average Bonchev–Trinajstić information content (AvgIpc) is 2.45. The van der Waals surface area contributed by atoms with Gasteiger partial charge in [-0.05, 0) is 50.6 Å². The molecule has 0 fully saturated rings. The van der Waals surface area contributed by atoms with E-state index in [-0.39, 0.29) is 6.61 Å². The van der Waals surface area contributed by atoms with E-state index in [1.54, 1.807) is 27.7 Å². The van der Waals surface area contributed by atoms with Crippen molar-refractivity contribution >= 4 is 29.0 Å². The number of thioether (sulfide) groups is 1. The lowest BCUT2D eigenvalue weighted by Crippen LogP contribution is -2.33. The highest BCUT2D eigenvalue weighted by Gasteiger charge is 2.30. The number of esters is 2. The summed E-state index contributed by atoms with van der Waals surface area (Å²) in [4.78, 5) is 35.9. The number of rotatable bonds is 6. The molecular weight excluding hydrogens is 332 g/mol. The Hall–Kier alpha value is -2.02. The second-order valence-corrected chi connectivity index (χ2v) is 6.26. The Morgan fingerprint density at radius 2 is 1.62 bits per heavy atom. The van der Waals surface area contributed by atoms with E-state index in [0.717, 1.165) is 28.5 Å². The van der Waals surface area contributed by atoms with Crippen LogP contribution >= 0.6 is 11.8 Å². The van der Waals surface area contributed by atoms with Crippen LogP contribution in [-0.4, -0.2) is 35.9 Å². The third-order valence-electron chi connectivity index (χ3n) is 3.04. The van der Waals surface area contributed by atoms with Gasteiger partial charge in [0.15, 0.2) is 0 Å². The van der Waals surface area contributed by atoms with Crippen LogP contribution in [0, 0.1) is 20.8 Å². The summed E-state index contributed by atoms with van der Waals surface area (Å²) in [6.45, 7) is 8.90. The molecule has 0 amide bonds. The summed E-state index contributed by atoms with van der Waals surface area (Å²) in [5.74, 6) is -1.19. The molecule has 0 aliphatic carbocycles. The number of hydrogen-bond acceptors (Lipinski definition) is 7. The Kier molecular flexibility index (Phi) is 7.78. The molecule has 1 rings (SSSR count). The molecule has 0 N–H and O–H groups in total. The first-order chi connectivity index (χ1) is 11.3. The van der Waals surface area contributed by atoms with Crippen LogP contribution in [0.25, 0.3) is 0 Å². The second kappa shape index (κ2) is 9.32. The van der Waals surface area contributed by atoms with Gasteiger partial charge >= 0.3 is 23.5 Å². The van der Waals surface area contributed by atoms with E-state index >= 15 is 0 Å².